The van der Waals surface area contributed by atoms with Crippen LogP contribution in [0.25, 0.3) is 0 Å². The van der Waals surface area contributed by atoms with Crippen molar-refractivity contribution in [2.75, 3.05) is 10.6 Å². The fourth-order valence-electron chi connectivity index (χ4n) is 1.59. The van der Waals surface area contributed by atoms with Crippen LogP contribution >= 0.6 is 67.8 Å². The van der Waals surface area contributed by atoms with Crippen molar-refractivity contribution in [3.63, 3.8) is 0 Å². The first-order chi connectivity index (χ1) is 9.11. The summed E-state index contributed by atoms with van der Waals surface area (Å²) in [4.78, 5) is 35.6. The Bertz CT molecular complexity index is 617. The lowest BCUT2D eigenvalue weighted by atomic mass is 10.1. The first kappa shape index (κ1) is 17.9. The van der Waals surface area contributed by atoms with E-state index >= 15 is 0 Å². The van der Waals surface area contributed by atoms with Crippen molar-refractivity contribution >= 4 is 96.9 Å². The molecule has 1 aromatic carbocycles. The van der Waals surface area contributed by atoms with Gasteiger partial charge in [0, 0.05) is 13.8 Å². The number of nitrogen functional groups attached to an aromatic ring is 1. The molecule has 0 atom stereocenters. The molecule has 20 heavy (non-hydrogen) atoms. The molecule has 108 valence electrons. The number of amides is 2. The minimum Gasteiger partial charge on any atom is -0.478 e. The van der Waals surface area contributed by atoms with Gasteiger partial charge in [-0.3, -0.25) is 9.59 Å². The van der Waals surface area contributed by atoms with Gasteiger partial charge in [0.25, 0.3) is 0 Å². The average Bonchev–Trinajstić information content (AvgIpc) is 2.30. The molecule has 2 amide bonds. The third-order valence-electron chi connectivity index (χ3n) is 2.39. The van der Waals surface area contributed by atoms with Crippen LogP contribution in [0.15, 0.2) is 0 Å². The third-order valence-corrected chi connectivity index (χ3v) is 5.66. The van der Waals surface area contributed by atoms with E-state index in [1.165, 1.54) is 13.8 Å². The van der Waals surface area contributed by atoms with Gasteiger partial charge in [-0.1, -0.05) is 0 Å². The van der Waals surface area contributed by atoms with Gasteiger partial charge >= 0.3 is 5.97 Å². The summed E-state index contributed by atoms with van der Waals surface area (Å²) in [5, 5.41) is 9.29. The van der Waals surface area contributed by atoms with Crippen molar-refractivity contribution in [3.8, 4) is 0 Å². The molecule has 1 rings (SSSR count). The van der Waals surface area contributed by atoms with Crippen LogP contribution < -0.4 is 10.6 Å². The second-order valence-electron chi connectivity index (χ2n) is 3.76. The van der Waals surface area contributed by atoms with Gasteiger partial charge in [0.05, 0.1) is 27.6 Å². The van der Waals surface area contributed by atoms with Crippen molar-refractivity contribution in [2.24, 2.45) is 0 Å². The monoisotopic (exact) mass is 614 g/mol. The van der Waals surface area contributed by atoms with Gasteiger partial charge in [-0.25, -0.2) is 9.69 Å². The molecule has 6 nitrogen and oxygen atoms in total. The average molecular weight is 614 g/mol. The molecule has 3 N–H and O–H groups in total. The predicted molar refractivity (Wildman–Crippen MR) is 99.8 cm³/mol. The van der Waals surface area contributed by atoms with Gasteiger partial charge in [-0.05, 0) is 67.8 Å². The number of carboxylic acids is 1. The Balaban J connectivity index is 3.84. The lowest BCUT2D eigenvalue weighted by molar-refractivity contribution is -0.124. The number of nitrogens with zero attached hydrogens (tertiary/aromatic N) is 1. The number of carbonyl (C=O) groups excluding carboxylic acids is 2. The number of anilines is 2. The van der Waals surface area contributed by atoms with Crippen LogP contribution in [-0.4, -0.2) is 22.9 Å². The number of hydrogen-bond donors (Lipinski definition) is 2. The van der Waals surface area contributed by atoms with E-state index in [0.717, 1.165) is 4.90 Å². The maximum absolute atomic E-state index is 11.7. The van der Waals surface area contributed by atoms with Crippen LogP contribution in [-0.2, 0) is 9.59 Å². The van der Waals surface area contributed by atoms with Gasteiger partial charge < -0.3 is 10.8 Å². The maximum atomic E-state index is 11.7. The van der Waals surface area contributed by atoms with E-state index in [0.29, 0.717) is 10.7 Å². The zero-order chi connectivity index (χ0) is 15.8. The van der Waals surface area contributed by atoms with Crippen LogP contribution in [0.4, 0.5) is 11.4 Å². The van der Waals surface area contributed by atoms with Gasteiger partial charge in [0.2, 0.25) is 11.8 Å². The van der Waals surface area contributed by atoms with E-state index in [2.05, 4.69) is 0 Å². The lowest BCUT2D eigenvalue weighted by Crippen LogP contribution is -2.35. The Hall–Kier alpha value is -0.180. The number of halogens is 3. The van der Waals surface area contributed by atoms with E-state index in [1.807, 2.05) is 67.8 Å². The largest absolute Gasteiger partial charge is 0.478 e. The van der Waals surface area contributed by atoms with Crippen molar-refractivity contribution in [3.05, 3.63) is 16.3 Å². The minimum absolute atomic E-state index is 0.00776. The zero-order valence-electron chi connectivity index (χ0n) is 10.3. The third kappa shape index (κ3) is 3.18. The maximum Gasteiger partial charge on any atom is 0.338 e. The van der Waals surface area contributed by atoms with Crippen LogP contribution in [0.2, 0.25) is 0 Å². The van der Waals surface area contributed by atoms with E-state index in [-0.39, 0.29) is 16.9 Å². The lowest BCUT2D eigenvalue weighted by Gasteiger charge is -2.23. The number of rotatable bonds is 2. The normalized spacial score (nSPS) is 10.2. The van der Waals surface area contributed by atoms with Crippen molar-refractivity contribution in [2.45, 2.75) is 13.8 Å². The second kappa shape index (κ2) is 6.72. The molecule has 0 fully saturated rings. The van der Waals surface area contributed by atoms with E-state index in [9.17, 15) is 19.5 Å². The molecule has 0 aromatic heterocycles. The Labute approximate surface area is 155 Å². The standard InChI is InChI=1S/C11H9I3N2O4/c1-3(17)16(4(2)18)10-7(13)5(11(19)20)6(12)9(15)8(10)14/h15H2,1-2H3,(H,19,20). The molecule has 0 radical (unpaired) electrons. The summed E-state index contributed by atoms with van der Waals surface area (Å²) in [6, 6.07) is 0. The summed E-state index contributed by atoms with van der Waals surface area (Å²) in [7, 11) is 0. The van der Waals surface area contributed by atoms with Crippen LogP contribution in [0.3, 0.4) is 0 Å². The second-order valence-corrected chi connectivity index (χ2v) is 6.99. The molecule has 9 heteroatoms. The summed E-state index contributed by atoms with van der Waals surface area (Å²) < 4.78 is 1.18. The highest BCUT2D eigenvalue weighted by Crippen LogP contribution is 2.39. The Morgan fingerprint density at radius 2 is 1.45 bits per heavy atom. The van der Waals surface area contributed by atoms with Gasteiger partial charge in [-0.2, -0.15) is 0 Å². The van der Waals surface area contributed by atoms with Gasteiger partial charge in [0.15, 0.2) is 0 Å². The molecule has 1 aromatic rings. The molecule has 0 spiro atoms. The highest BCUT2D eigenvalue weighted by Gasteiger charge is 2.29. The number of nitrogens with two attached hydrogens (primary N) is 1. The zero-order valence-corrected chi connectivity index (χ0v) is 16.8. The van der Waals surface area contributed by atoms with Crippen LogP contribution in [0.1, 0.15) is 24.2 Å². The number of benzene rings is 1. The van der Waals surface area contributed by atoms with Gasteiger partial charge in [0.1, 0.15) is 0 Å². The topological polar surface area (TPSA) is 101 Å². The molecule has 0 aliphatic rings. The Morgan fingerprint density at radius 1 is 1.00 bits per heavy atom. The quantitative estimate of drug-likeness (QED) is 0.395. The van der Waals surface area contributed by atoms with E-state index in [1.54, 1.807) is 0 Å². The molecular weight excluding hydrogens is 605 g/mol. The summed E-state index contributed by atoms with van der Waals surface area (Å²) in [5.74, 6) is -2.15. The Morgan fingerprint density at radius 3 is 1.80 bits per heavy atom. The smallest absolute Gasteiger partial charge is 0.338 e. The molecule has 0 saturated carbocycles. The Kier molecular flexibility index (Phi) is 6.01. The van der Waals surface area contributed by atoms with Gasteiger partial charge in [-0.15, -0.1) is 0 Å². The number of carbonyl (C=O) groups is 3. The number of imide groups is 1. The molecule has 0 aliphatic heterocycles. The first-order valence-corrected chi connectivity index (χ1v) is 8.35. The van der Waals surface area contributed by atoms with E-state index in [4.69, 9.17) is 5.73 Å². The SMILES string of the molecule is CC(=O)N(C(C)=O)c1c(I)c(N)c(I)c(C(=O)O)c1I. The summed E-state index contributed by atoms with van der Waals surface area (Å²) >= 11 is 5.56. The fourth-order valence-corrected chi connectivity index (χ4v) is 5.70. The predicted octanol–water partition coefficient (Wildman–Crippen LogP) is 2.68. The van der Waals surface area contributed by atoms with Crippen LogP contribution in [0, 0.1) is 10.7 Å². The van der Waals surface area contributed by atoms with Crippen LogP contribution in [0.5, 0.6) is 0 Å². The first-order valence-electron chi connectivity index (χ1n) is 5.11. The highest BCUT2D eigenvalue weighted by molar-refractivity contribution is 14.1. The minimum atomic E-state index is -1.16. The van der Waals surface area contributed by atoms with Crippen molar-refractivity contribution in [1.29, 1.82) is 0 Å². The summed E-state index contributed by atoms with van der Waals surface area (Å²) in [6.45, 7) is 2.48. The molecule has 0 saturated heterocycles. The van der Waals surface area contributed by atoms with Crippen molar-refractivity contribution < 1.29 is 19.5 Å². The number of hydrogen-bond acceptors (Lipinski definition) is 4. The molecule has 0 aliphatic carbocycles. The summed E-state index contributed by atoms with van der Waals surface area (Å²) in [6.07, 6.45) is 0. The fraction of sp³-hybridized carbons (Fsp3) is 0.182. The highest BCUT2D eigenvalue weighted by atomic mass is 127. The molecule has 0 unspecified atom stereocenters. The molecule has 0 heterocycles. The summed E-state index contributed by atoms with van der Waals surface area (Å²) in [5.41, 5.74) is 6.36. The number of carboxylic acid groups (broad SMARTS) is 1. The molecule has 0 bridgehead atoms. The van der Waals surface area contributed by atoms with E-state index < -0.39 is 17.8 Å². The number of aromatic carboxylic acids is 1. The molecular formula is C11H9I3N2O4. The van der Waals surface area contributed by atoms with Crippen molar-refractivity contribution in [1.82, 2.24) is 0 Å².